The van der Waals surface area contributed by atoms with Gasteiger partial charge in [-0.2, -0.15) is 5.26 Å². The molecule has 0 spiro atoms. The zero-order chi connectivity index (χ0) is 44.6. The van der Waals surface area contributed by atoms with Crippen LogP contribution in [0.25, 0.3) is 32.7 Å². The average molecular weight is 908 g/mol. The second kappa shape index (κ2) is 28.5. The number of aliphatic hydroxyl groups is 1. The highest BCUT2D eigenvalue weighted by Gasteiger charge is 2.17. The number of hydrogen-bond donors (Lipinski definition) is 7. The average Bonchev–Trinajstić information content (AvgIpc) is 3.87. The van der Waals surface area contributed by atoms with Gasteiger partial charge in [0.1, 0.15) is 11.2 Å². The van der Waals surface area contributed by atoms with E-state index in [1.54, 1.807) is 52.2 Å². The zero-order valence-corrected chi connectivity index (χ0v) is 34.8. The van der Waals surface area contributed by atoms with Crippen LogP contribution >= 0.6 is 0 Å². The van der Waals surface area contributed by atoms with Crippen molar-refractivity contribution in [2.45, 2.75) is 116 Å². The third-order valence-corrected chi connectivity index (χ3v) is 8.11. The van der Waals surface area contributed by atoms with E-state index in [2.05, 4.69) is 25.6 Å². The molecule has 18 heteroatoms. The van der Waals surface area contributed by atoms with Crippen molar-refractivity contribution in [3.05, 3.63) is 110 Å². The Morgan fingerprint density at radius 2 is 1.02 bits per heavy atom. The van der Waals surface area contributed by atoms with Crippen molar-refractivity contribution >= 4 is 62.0 Å². The number of aliphatic hydroxyl groups excluding tert-OH is 1. The van der Waals surface area contributed by atoms with Gasteiger partial charge in [0.15, 0.2) is 0 Å². The fourth-order valence-electron chi connectivity index (χ4n) is 5.65. The highest BCUT2D eigenvalue weighted by molar-refractivity contribution is 5.87. The molecule has 65 heavy (non-hydrogen) atoms. The van der Waals surface area contributed by atoms with Crippen LogP contribution in [0.1, 0.15) is 102 Å². The van der Waals surface area contributed by atoms with Crippen molar-refractivity contribution in [1.82, 2.24) is 25.6 Å². The monoisotopic (exact) mass is 908 g/mol. The number of carbonyl (C=O) groups excluding carboxylic acids is 2. The molecule has 0 aliphatic carbocycles. The van der Waals surface area contributed by atoms with Crippen LogP contribution in [0, 0.1) is 31.6 Å². The number of nitrogens with two attached hydrogens (primary N) is 1. The van der Waals surface area contributed by atoms with Crippen molar-refractivity contribution in [2.75, 3.05) is 25.4 Å². The lowest BCUT2D eigenvalue weighted by molar-refractivity contribution is -0.384. The van der Waals surface area contributed by atoms with E-state index in [-0.39, 0.29) is 61.2 Å². The molecule has 0 atom stereocenters. The molecule has 0 radical (unpaired) electrons. The maximum Gasteiger partial charge on any atom is 0.407 e. The standard InChI is InChI=1S/C15H19N3O4.C15H21N3O2.C10H7N3O2.C2H6O.5CH4/c1-15(2,3)22-14(19)16-7-6-10-9-17-13-8-11(18(20)21)4-5-12(10)13;1-15(2,3)20-14(19)17-7-6-10-9-18-13-8-11(16)4-5-12(10)13;11-4-3-7-6-12-10-5-8(13(14)15)1-2-9(7)10;1-2-3;;;;;/h4-5,8-9,17H,6-7H2,1-3H3,(H,16,19);4-5,8-9,18H,6-7,16H2,1-3H3,(H,17,19);1-2,5-6,12H,3H2;3H,2H2,1H3;5*1H4. The van der Waals surface area contributed by atoms with E-state index in [1.807, 2.05) is 51.2 Å². The molecular formula is C47H73N9O9. The number of hydrogen-bond acceptors (Lipinski definition) is 11. The minimum atomic E-state index is -0.524. The lowest BCUT2D eigenvalue weighted by Crippen LogP contribution is -2.33. The first-order valence-electron chi connectivity index (χ1n) is 19.0. The van der Waals surface area contributed by atoms with Crippen LogP contribution < -0.4 is 16.4 Å². The van der Waals surface area contributed by atoms with Gasteiger partial charge < -0.3 is 45.9 Å². The minimum absolute atomic E-state index is 0. The molecule has 0 aliphatic heterocycles. The van der Waals surface area contributed by atoms with Crippen LogP contribution in [-0.4, -0.2) is 73.0 Å². The second-order valence-electron chi connectivity index (χ2n) is 15.2. The number of benzene rings is 3. The maximum atomic E-state index is 11.6. The first-order chi connectivity index (χ1) is 28.2. The molecular weight excluding hydrogens is 835 g/mol. The number of ether oxygens (including phenoxy) is 2. The highest BCUT2D eigenvalue weighted by atomic mass is 16.6. The molecule has 18 nitrogen and oxygen atoms in total. The number of nitrogens with zero attached hydrogens (tertiary/aromatic N) is 3. The van der Waals surface area contributed by atoms with Crippen LogP contribution in [0.15, 0.2) is 73.2 Å². The number of non-ortho nitro benzene ring substituents is 2. The number of nitrogens with one attached hydrogen (secondary N) is 5. The molecule has 3 aromatic carbocycles. The molecule has 6 rings (SSSR count). The van der Waals surface area contributed by atoms with Crippen molar-refractivity contribution < 1.29 is 34.0 Å². The lowest BCUT2D eigenvalue weighted by atomic mass is 10.1. The number of nitrogen functional groups attached to an aromatic ring is 1. The van der Waals surface area contributed by atoms with Gasteiger partial charge in [-0.3, -0.25) is 20.2 Å². The first-order valence-corrected chi connectivity index (χ1v) is 19.0. The molecule has 0 aliphatic rings. The van der Waals surface area contributed by atoms with Crippen molar-refractivity contribution in [2.24, 2.45) is 0 Å². The summed E-state index contributed by atoms with van der Waals surface area (Å²) in [6.07, 6.45) is 6.26. The summed E-state index contributed by atoms with van der Waals surface area (Å²) in [7, 11) is 0. The fourth-order valence-corrected chi connectivity index (χ4v) is 5.65. The third kappa shape index (κ3) is 20.3. The van der Waals surface area contributed by atoms with E-state index in [1.165, 1.54) is 24.3 Å². The number of nitriles is 1. The second-order valence-corrected chi connectivity index (χ2v) is 15.2. The summed E-state index contributed by atoms with van der Waals surface area (Å²) >= 11 is 0. The van der Waals surface area contributed by atoms with E-state index in [9.17, 15) is 29.8 Å². The molecule has 6 aromatic rings. The summed E-state index contributed by atoms with van der Waals surface area (Å²) in [4.78, 5) is 52.6. The molecule has 360 valence electrons. The molecule has 2 amide bonds. The number of aromatic nitrogens is 3. The molecule has 0 unspecified atom stereocenters. The number of alkyl carbamates (subject to hydrolysis) is 2. The molecule has 0 fully saturated rings. The third-order valence-electron chi connectivity index (χ3n) is 8.11. The largest absolute Gasteiger partial charge is 0.444 e. The van der Waals surface area contributed by atoms with Crippen molar-refractivity contribution in [3.8, 4) is 6.07 Å². The van der Waals surface area contributed by atoms with Crippen LogP contribution in [0.5, 0.6) is 0 Å². The summed E-state index contributed by atoms with van der Waals surface area (Å²) in [6.45, 7) is 13.8. The van der Waals surface area contributed by atoms with E-state index in [4.69, 9.17) is 25.6 Å². The van der Waals surface area contributed by atoms with Gasteiger partial charge in [0.05, 0.1) is 33.4 Å². The molecule has 0 saturated heterocycles. The summed E-state index contributed by atoms with van der Waals surface area (Å²) < 4.78 is 10.3. The zero-order valence-electron chi connectivity index (χ0n) is 34.8. The van der Waals surface area contributed by atoms with Crippen LogP contribution in [0.3, 0.4) is 0 Å². The summed E-state index contributed by atoms with van der Waals surface area (Å²) in [6, 6.07) is 17.1. The Bertz CT molecular complexity index is 2430. The Kier molecular flexibility index (Phi) is 27.3. The van der Waals surface area contributed by atoms with Gasteiger partial charge >= 0.3 is 12.2 Å². The van der Waals surface area contributed by atoms with Gasteiger partial charge in [0.25, 0.3) is 11.4 Å². The van der Waals surface area contributed by atoms with Gasteiger partial charge in [0, 0.05) is 89.9 Å². The number of fused-ring (bicyclic) bond motifs is 3. The predicted octanol–water partition coefficient (Wildman–Crippen LogP) is 11.3. The SMILES string of the molecule is C.C.C.C.C.CC(C)(C)OC(=O)NCCc1c[nH]c2cc(N)ccc12.CC(C)(C)OC(=O)NCCc1c[nH]c2cc([N+](=O)[O-])ccc12.CCO.N#CCc1c[nH]c2cc([N+](=O)[O-])ccc12. The topological polar surface area (TPSA) is 280 Å². The summed E-state index contributed by atoms with van der Waals surface area (Å²) in [5.41, 5.74) is 11.0. The normalized spacial score (nSPS) is 10.0. The number of rotatable bonds is 9. The first kappa shape index (κ1) is 62.2. The Hall–Kier alpha value is -7.13. The highest BCUT2D eigenvalue weighted by Crippen LogP contribution is 2.25. The Morgan fingerprint density at radius 1 is 0.677 bits per heavy atom. The Labute approximate surface area is 383 Å². The number of amides is 2. The van der Waals surface area contributed by atoms with Gasteiger partial charge in [-0.1, -0.05) is 43.2 Å². The van der Waals surface area contributed by atoms with E-state index in [0.717, 1.165) is 50.5 Å². The van der Waals surface area contributed by atoms with E-state index in [0.29, 0.717) is 37.0 Å². The van der Waals surface area contributed by atoms with Gasteiger partial charge in [0.2, 0.25) is 0 Å². The Morgan fingerprint density at radius 3 is 1.37 bits per heavy atom. The number of H-pyrrole nitrogens is 3. The molecule has 8 N–H and O–H groups in total. The smallest absolute Gasteiger partial charge is 0.407 e. The quantitative estimate of drug-likeness (QED) is 0.0407. The number of nitro benzene ring substituents is 2. The number of carbonyl (C=O) groups is 2. The van der Waals surface area contributed by atoms with Crippen LogP contribution in [0.4, 0.5) is 26.7 Å². The maximum absolute atomic E-state index is 11.6. The van der Waals surface area contributed by atoms with Crippen LogP contribution in [0.2, 0.25) is 0 Å². The van der Waals surface area contributed by atoms with Crippen molar-refractivity contribution in [3.63, 3.8) is 0 Å². The molecule has 0 bridgehead atoms. The van der Waals surface area contributed by atoms with E-state index >= 15 is 0 Å². The predicted molar refractivity (Wildman–Crippen MR) is 264 cm³/mol. The number of aromatic amines is 3. The molecule has 0 saturated carbocycles. The van der Waals surface area contributed by atoms with Crippen LogP contribution in [-0.2, 0) is 28.7 Å². The van der Waals surface area contributed by atoms with Gasteiger partial charge in [-0.15, -0.1) is 0 Å². The number of nitro groups is 2. The summed E-state index contributed by atoms with van der Waals surface area (Å²) in [5.74, 6) is 0. The fraction of sp³-hybridized carbons (Fsp3) is 0.426. The Balaban J connectivity index is -0.000000839. The molecule has 3 heterocycles. The van der Waals surface area contributed by atoms with Gasteiger partial charge in [-0.25, -0.2) is 9.59 Å². The van der Waals surface area contributed by atoms with Gasteiger partial charge in [-0.05, 0) is 102 Å². The number of anilines is 1. The minimum Gasteiger partial charge on any atom is -0.444 e. The van der Waals surface area contributed by atoms with Crippen molar-refractivity contribution in [1.29, 1.82) is 5.26 Å². The molecule has 3 aromatic heterocycles. The lowest BCUT2D eigenvalue weighted by Gasteiger charge is -2.19. The summed E-state index contributed by atoms with van der Waals surface area (Å²) in [5, 5.41) is 45.7. The van der Waals surface area contributed by atoms with E-state index < -0.39 is 27.1 Å².